The van der Waals surface area contributed by atoms with Crippen molar-refractivity contribution in [2.45, 2.75) is 0 Å². The van der Waals surface area contributed by atoms with Crippen LogP contribution >= 0.6 is 35.4 Å². The van der Waals surface area contributed by atoms with E-state index < -0.39 is 5.91 Å². The first kappa shape index (κ1) is 17.3. The van der Waals surface area contributed by atoms with Crippen LogP contribution < -0.4 is 20.9 Å². The third kappa shape index (κ3) is 4.72. The minimum absolute atomic E-state index is 0.211. The number of rotatable bonds is 3. The van der Waals surface area contributed by atoms with Crippen molar-refractivity contribution in [3.8, 4) is 5.75 Å². The van der Waals surface area contributed by atoms with Gasteiger partial charge in [0, 0.05) is 5.56 Å². The second-order valence-corrected chi connectivity index (χ2v) is 5.59. The van der Waals surface area contributed by atoms with Crippen LogP contribution in [0.25, 0.3) is 0 Å². The zero-order valence-corrected chi connectivity index (χ0v) is 14.4. The summed E-state index contributed by atoms with van der Waals surface area (Å²) in [5.74, 6) is 0.236. The van der Waals surface area contributed by atoms with E-state index in [1.807, 2.05) is 12.1 Å². The van der Waals surface area contributed by atoms with Crippen LogP contribution in [0, 0.1) is 0 Å². The number of methoxy groups -OCH3 is 1. The number of carbonyl (C=O) groups excluding carboxylic acids is 1. The summed E-state index contributed by atoms with van der Waals surface area (Å²) in [6.45, 7) is 0. The van der Waals surface area contributed by atoms with E-state index in [1.165, 1.54) is 6.07 Å². The molecule has 2 rings (SSSR count). The predicted octanol–water partition coefficient (Wildman–Crippen LogP) is 3.63. The normalized spacial score (nSPS) is 9.87. The molecule has 8 heteroatoms. The van der Waals surface area contributed by atoms with Gasteiger partial charge in [-0.1, -0.05) is 35.3 Å². The maximum absolute atomic E-state index is 12.0. The van der Waals surface area contributed by atoms with Crippen LogP contribution in [0.1, 0.15) is 10.4 Å². The number of hydrogen-bond acceptors (Lipinski definition) is 3. The highest BCUT2D eigenvalue weighted by atomic mass is 35.5. The van der Waals surface area contributed by atoms with E-state index in [4.69, 9.17) is 40.2 Å². The van der Waals surface area contributed by atoms with Crippen LogP contribution in [0.15, 0.2) is 42.5 Å². The predicted molar refractivity (Wildman–Crippen MR) is 96.3 cm³/mol. The summed E-state index contributed by atoms with van der Waals surface area (Å²) in [5.41, 5.74) is 6.10. The average molecular weight is 370 g/mol. The van der Waals surface area contributed by atoms with Crippen LogP contribution in [0.4, 0.5) is 5.69 Å². The molecular weight excluding hydrogens is 357 g/mol. The van der Waals surface area contributed by atoms with Gasteiger partial charge in [-0.05, 0) is 42.5 Å². The van der Waals surface area contributed by atoms with E-state index in [-0.39, 0.29) is 5.11 Å². The average Bonchev–Trinajstić information content (AvgIpc) is 2.55. The van der Waals surface area contributed by atoms with Crippen LogP contribution in [-0.4, -0.2) is 18.1 Å². The van der Waals surface area contributed by atoms with Crippen LogP contribution in [0.3, 0.4) is 0 Å². The topological polar surface area (TPSA) is 62.4 Å². The fraction of sp³-hybridized carbons (Fsp3) is 0.0667. The van der Waals surface area contributed by atoms with Gasteiger partial charge in [0.1, 0.15) is 5.75 Å². The number of thiocarbonyl (C=S) groups is 1. The third-order valence-electron chi connectivity index (χ3n) is 2.83. The van der Waals surface area contributed by atoms with Gasteiger partial charge in [0.15, 0.2) is 5.11 Å². The molecule has 0 radical (unpaired) electrons. The molecule has 0 bridgehead atoms. The van der Waals surface area contributed by atoms with Gasteiger partial charge in [0.2, 0.25) is 0 Å². The molecule has 3 N–H and O–H groups in total. The lowest BCUT2D eigenvalue weighted by molar-refractivity contribution is 0.0944. The molecule has 0 aliphatic rings. The van der Waals surface area contributed by atoms with Crippen LogP contribution in [-0.2, 0) is 0 Å². The summed E-state index contributed by atoms with van der Waals surface area (Å²) >= 11 is 16.8. The highest BCUT2D eigenvalue weighted by molar-refractivity contribution is 7.80. The lowest BCUT2D eigenvalue weighted by Gasteiger charge is -2.14. The minimum Gasteiger partial charge on any atom is -0.495 e. The van der Waals surface area contributed by atoms with Gasteiger partial charge in [-0.25, -0.2) is 0 Å². The van der Waals surface area contributed by atoms with Crippen molar-refractivity contribution in [1.82, 2.24) is 10.9 Å². The van der Waals surface area contributed by atoms with Crippen molar-refractivity contribution < 1.29 is 9.53 Å². The number of ether oxygens (including phenoxy) is 1. The molecule has 2 aromatic rings. The molecule has 0 saturated heterocycles. The van der Waals surface area contributed by atoms with Gasteiger partial charge in [-0.3, -0.25) is 15.6 Å². The number of nitrogens with one attached hydrogen (secondary N) is 3. The molecule has 0 atom stereocenters. The first-order valence-corrected chi connectivity index (χ1v) is 7.63. The zero-order valence-electron chi connectivity index (χ0n) is 12.0. The molecule has 0 unspecified atom stereocenters. The van der Waals surface area contributed by atoms with E-state index in [1.54, 1.807) is 31.4 Å². The number of amides is 1. The Labute approximate surface area is 148 Å². The fourth-order valence-corrected chi connectivity index (χ4v) is 2.18. The quantitative estimate of drug-likeness (QED) is 0.569. The highest BCUT2D eigenvalue weighted by Gasteiger charge is 2.09. The molecule has 1 amide bonds. The Morgan fingerprint density at radius 3 is 2.52 bits per heavy atom. The van der Waals surface area contributed by atoms with Gasteiger partial charge in [0.25, 0.3) is 5.91 Å². The maximum Gasteiger partial charge on any atom is 0.269 e. The Morgan fingerprint density at radius 1 is 1.09 bits per heavy atom. The molecule has 120 valence electrons. The summed E-state index contributed by atoms with van der Waals surface area (Å²) in [5, 5.41) is 3.81. The molecule has 2 aromatic carbocycles. The SMILES string of the molecule is COc1ccccc1NC(=S)NNC(=O)c1ccc(Cl)c(Cl)c1. The lowest BCUT2D eigenvalue weighted by atomic mass is 10.2. The molecule has 0 aliphatic carbocycles. The molecule has 0 aliphatic heterocycles. The number of hydrogen-bond donors (Lipinski definition) is 3. The first-order chi connectivity index (χ1) is 11.0. The van der Waals surface area contributed by atoms with E-state index in [9.17, 15) is 4.79 Å². The zero-order chi connectivity index (χ0) is 16.8. The Bertz CT molecular complexity index is 740. The van der Waals surface area contributed by atoms with Crippen LogP contribution in [0.5, 0.6) is 5.75 Å². The minimum atomic E-state index is -0.396. The van der Waals surface area contributed by atoms with E-state index in [2.05, 4.69) is 16.2 Å². The third-order valence-corrected chi connectivity index (χ3v) is 3.77. The summed E-state index contributed by atoms with van der Waals surface area (Å²) in [6.07, 6.45) is 0. The maximum atomic E-state index is 12.0. The number of hydrazine groups is 1. The molecule has 0 saturated carbocycles. The summed E-state index contributed by atoms with van der Waals surface area (Å²) < 4.78 is 5.20. The number of halogens is 2. The molecule has 0 aromatic heterocycles. The summed E-state index contributed by atoms with van der Waals surface area (Å²) in [6, 6.07) is 11.8. The smallest absolute Gasteiger partial charge is 0.269 e. The van der Waals surface area contributed by atoms with Crippen molar-refractivity contribution in [2.24, 2.45) is 0 Å². The van der Waals surface area contributed by atoms with Gasteiger partial charge in [-0.2, -0.15) is 0 Å². The van der Waals surface area contributed by atoms with Crippen molar-refractivity contribution >= 4 is 52.1 Å². The number of para-hydroxylation sites is 2. The van der Waals surface area contributed by atoms with Gasteiger partial charge in [0.05, 0.1) is 22.8 Å². The Kier molecular flexibility index (Phi) is 6.04. The van der Waals surface area contributed by atoms with Gasteiger partial charge in [-0.15, -0.1) is 0 Å². The van der Waals surface area contributed by atoms with Crippen molar-refractivity contribution in [3.63, 3.8) is 0 Å². The van der Waals surface area contributed by atoms with Gasteiger partial charge < -0.3 is 10.1 Å². The Morgan fingerprint density at radius 2 is 1.83 bits per heavy atom. The Balaban J connectivity index is 1.93. The molecule has 23 heavy (non-hydrogen) atoms. The van der Waals surface area contributed by atoms with E-state index >= 15 is 0 Å². The van der Waals surface area contributed by atoms with E-state index in [0.717, 1.165) is 0 Å². The largest absolute Gasteiger partial charge is 0.495 e. The fourth-order valence-electron chi connectivity index (χ4n) is 1.72. The van der Waals surface area contributed by atoms with Crippen molar-refractivity contribution in [1.29, 1.82) is 0 Å². The van der Waals surface area contributed by atoms with Crippen molar-refractivity contribution in [3.05, 3.63) is 58.1 Å². The molecular formula is C15H13Cl2N3O2S. The lowest BCUT2D eigenvalue weighted by Crippen LogP contribution is -2.43. The molecule has 0 fully saturated rings. The number of benzene rings is 2. The van der Waals surface area contributed by atoms with Crippen LogP contribution in [0.2, 0.25) is 10.0 Å². The first-order valence-electron chi connectivity index (χ1n) is 6.46. The van der Waals surface area contributed by atoms with Crippen molar-refractivity contribution in [2.75, 3.05) is 12.4 Å². The molecule has 0 spiro atoms. The molecule has 5 nitrogen and oxygen atoms in total. The summed E-state index contributed by atoms with van der Waals surface area (Å²) in [4.78, 5) is 12.0. The number of carbonyl (C=O) groups is 1. The second-order valence-electron chi connectivity index (χ2n) is 4.36. The number of anilines is 1. The van der Waals surface area contributed by atoms with Gasteiger partial charge >= 0.3 is 0 Å². The monoisotopic (exact) mass is 369 g/mol. The standard InChI is InChI=1S/C15H13Cl2N3O2S/c1-22-13-5-3-2-4-12(13)18-15(23)20-19-14(21)9-6-7-10(16)11(17)8-9/h2-8H,1H3,(H,19,21)(H2,18,20,23). The molecule has 0 heterocycles. The summed E-state index contributed by atoms with van der Waals surface area (Å²) in [7, 11) is 1.56. The Hall–Kier alpha value is -2.02. The highest BCUT2D eigenvalue weighted by Crippen LogP contribution is 2.23. The second kappa shape index (κ2) is 8.01. The van der Waals surface area contributed by atoms with E-state index in [0.29, 0.717) is 27.0 Å².